The maximum absolute atomic E-state index is 11.1. The van der Waals surface area contributed by atoms with Gasteiger partial charge in [0.1, 0.15) is 23.7 Å². The summed E-state index contributed by atoms with van der Waals surface area (Å²) in [4.78, 5) is 6.20. The van der Waals surface area contributed by atoms with Crippen LogP contribution in [0.1, 0.15) is 24.0 Å². The Balaban J connectivity index is 1.29. The highest BCUT2D eigenvalue weighted by Crippen LogP contribution is 2.26. The Kier molecular flexibility index (Phi) is 7.65. The molecule has 0 spiro atoms. The van der Waals surface area contributed by atoms with E-state index in [1.807, 2.05) is 66.5 Å². The van der Waals surface area contributed by atoms with Crippen LogP contribution in [0.3, 0.4) is 0 Å². The number of aliphatic hydroxyl groups excluding tert-OH is 1. The van der Waals surface area contributed by atoms with Gasteiger partial charge in [-0.15, -0.1) is 0 Å². The van der Waals surface area contributed by atoms with Crippen molar-refractivity contribution in [2.75, 3.05) is 26.3 Å². The summed E-state index contributed by atoms with van der Waals surface area (Å²) in [6.07, 6.45) is 6.12. The summed E-state index contributed by atoms with van der Waals surface area (Å²) >= 11 is 0. The topological polar surface area (TPSA) is 80.0 Å². The van der Waals surface area contributed by atoms with Gasteiger partial charge in [0, 0.05) is 38.6 Å². The second-order valence-corrected chi connectivity index (χ2v) is 8.87. The predicted octanol–water partition coefficient (Wildman–Crippen LogP) is 3.04. The van der Waals surface area contributed by atoms with Crippen LogP contribution in [0.2, 0.25) is 0 Å². The van der Waals surface area contributed by atoms with Crippen molar-refractivity contribution in [3.05, 3.63) is 78.4 Å². The molecule has 1 fully saturated rings. The molecule has 1 aliphatic rings. The molecule has 0 bridgehead atoms. The van der Waals surface area contributed by atoms with Crippen molar-refractivity contribution in [1.29, 1.82) is 0 Å². The van der Waals surface area contributed by atoms with Gasteiger partial charge < -0.3 is 24.3 Å². The van der Waals surface area contributed by atoms with Crippen molar-refractivity contribution in [2.45, 2.75) is 44.6 Å². The van der Waals surface area contributed by atoms with Gasteiger partial charge in [-0.25, -0.2) is 4.98 Å². The van der Waals surface area contributed by atoms with Crippen molar-refractivity contribution in [3.8, 4) is 11.5 Å². The van der Waals surface area contributed by atoms with Crippen molar-refractivity contribution in [3.63, 3.8) is 0 Å². The molecule has 1 saturated heterocycles. The number of rotatable bonds is 10. The molecule has 176 valence electrons. The molecule has 33 heavy (non-hydrogen) atoms. The molecule has 1 aliphatic heterocycles. The smallest absolute Gasteiger partial charge is 0.137 e. The van der Waals surface area contributed by atoms with E-state index in [0.29, 0.717) is 38.4 Å². The minimum atomic E-state index is -1.32. The quantitative estimate of drug-likeness (QED) is 0.461. The number of hydrogen-bond donors (Lipinski definition) is 2. The number of benzene rings is 2. The lowest BCUT2D eigenvalue weighted by molar-refractivity contribution is -0.140. The van der Waals surface area contributed by atoms with Gasteiger partial charge in [0.2, 0.25) is 0 Å². The van der Waals surface area contributed by atoms with E-state index in [4.69, 9.17) is 9.47 Å². The van der Waals surface area contributed by atoms with Crippen molar-refractivity contribution >= 4 is 0 Å². The van der Waals surface area contributed by atoms with Gasteiger partial charge in [0.25, 0.3) is 0 Å². The monoisotopic (exact) mass is 451 g/mol. The van der Waals surface area contributed by atoms with Crippen LogP contribution in [0.25, 0.3) is 0 Å². The lowest BCUT2D eigenvalue weighted by Crippen LogP contribution is -2.59. The molecule has 2 N–H and O–H groups in total. The summed E-state index contributed by atoms with van der Waals surface area (Å²) < 4.78 is 13.8. The SMILES string of the molecule is Cc1cccc(OC[C@@]2(O)CN(Cc3cccc(OCCCn4ccnc4)c3)CC[C@@H]2O)c1. The second-order valence-electron chi connectivity index (χ2n) is 8.87. The normalized spacial score (nSPS) is 21.1. The number of aryl methyl sites for hydroxylation is 2. The number of nitrogens with zero attached hydrogens (tertiary/aromatic N) is 3. The third-order valence-electron chi connectivity index (χ3n) is 6.01. The lowest BCUT2D eigenvalue weighted by Gasteiger charge is -2.42. The number of hydrogen-bond acceptors (Lipinski definition) is 6. The van der Waals surface area contributed by atoms with Gasteiger partial charge in [-0.1, -0.05) is 24.3 Å². The minimum Gasteiger partial charge on any atom is -0.494 e. The van der Waals surface area contributed by atoms with Gasteiger partial charge in [-0.3, -0.25) is 4.90 Å². The Morgan fingerprint density at radius 2 is 1.94 bits per heavy atom. The average molecular weight is 452 g/mol. The molecule has 4 rings (SSSR count). The zero-order valence-electron chi connectivity index (χ0n) is 19.1. The van der Waals surface area contributed by atoms with Crippen LogP contribution >= 0.6 is 0 Å². The minimum absolute atomic E-state index is 0.0498. The first-order valence-electron chi connectivity index (χ1n) is 11.5. The van der Waals surface area contributed by atoms with Crippen LogP contribution in [0.15, 0.2) is 67.3 Å². The van der Waals surface area contributed by atoms with Gasteiger partial charge in [0.15, 0.2) is 0 Å². The number of ether oxygens (including phenoxy) is 2. The Bertz CT molecular complexity index is 1010. The third-order valence-corrected chi connectivity index (χ3v) is 6.01. The average Bonchev–Trinajstić information content (AvgIpc) is 3.32. The van der Waals surface area contributed by atoms with Crippen LogP contribution in [0.4, 0.5) is 0 Å². The van der Waals surface area contributed by atoms with Crippen LogP contribution in [-0.4, -0.2) is 62.7 Å². The summed E-state index contributed by atoms with van der Waals surface area (Å²) in [6.45, 7) is 5.28. The molecule has 0 unspecified atom stereocenters. The molecule has 0 amide bonds. The summed E-state index contributed by atoms with van der Waals surface area (Å²) in [7, 11) is 0. The van der Waals surface area contributed by atoms with E-state index in [1.54, 1.807) is 6.20 Å². The Morgan fingerprint density at radius 1 is 1.12 bits per heavy atom. The molecular formula is C26H33N3O4. The van der Waals surface area contributed by atoms with Gasteiger partial charge in [-0.2, -0.15) is 0 Å². The highest BCUT2D eigenvalue weighted by atomic mass is 16.5. The van der Waals surface area contributed by atoms with E-state index in [0.717, 1.165) is 29.8 Å². The first kappa shape index (κ1) is 23.3. The van der Waals surface area contributed by atoms with Gasteiger partial charge >= 0.3 is 0 Å². The van der Waals surface area contributed by atoms with E-state index < -0.39 is 11.7 Å². The predicted molar refractivity (Wildman–Crippen MR) is 126 cm³/mol. The maximum atomic E-state index is 11.1. The molecule has 0 aliphatic carbocycles. The first-order chi connectivity index (χ1) is 16.0. The molecule has 3 aromatic rings. The Hall–Kier alpha value is -2.87. The molecule has 0 saturated carbocycles. The standard InChI is InChI=1S/C26H33N3O4/c1-21-5-2-7-23(15-21)33-19-26(31)18-29(12-9-25(26)30)17-22-6-3-8-24(16-22)32-14-4-11-28-13-10-27-20-28/h2-3,5-8,10,13,15-16,20,25,30-31H,4,9,11-12,14,17-19H2,1H3/t25-,26-/m0/s1. The highest BCUT2D eigenvalue weighted by Gasteiger charge is 2.42. The van der Waals surface area contributed by atoms with Crippen molar-refractivity contribution in [1.82, 2.24) is 14.5 Å². The molecule has 2 heterocycles. The van der Waals surface area contributed by atoms with Crippen LogP contribution in [-0.2, 0) is 13.1 Å². The van der Waals surface area contributed by atoms with E-state index in [2.05, 4.69) is 16.0 Å². The molecule has 1 aromatic heterocycles. The lowest BCUT2D eigenvalue weighted by atomic mass is 9.90. The van der Waals surface area contributed by atoms with Crippen molar-refractivity contribution in [2.24, 2.45) is 0 Å². The maximum Gasteiger partial charge on any atom is 0.137 e. The number of β-amino-alcohol motifs (C(OH)–C–C–N with tert-alkyl or cyclic N) is 1. The fraction of sp³-hybridized carbons (Fsp3) is 0.423. The first-order valence-corrected chi connectivity index (χ1v) is 11.5. The van der Waals surface area contributed by atoms with E-state index in [-0.39, 0.29) is 6.61 Å². The summed E-state index contributed by atoms with van der Waals surface area (Å²) in [6, 6.07) is 15.8. The molecule has 2 atom stereocenters. The third kappa shape index (κ3) is 6.57. The summed E-state index contributed by atoms with van der Waals surface area (Å²) in [5.74, 6) is 1.54. The van der Waals surface area contributed by atoms with E-state index in [1.165, 1.54) is 0 Å². The zero-order valence-corrected chi connectivity index (χ0v) is 19.1. The summed E-state index contributed by atoms with van der Waals surface area (Å²) in [5.41, 5.74) is 0.887. The zero-order chi connectivity index (χ0) is 23.1. The van der Waals surface area contributed by atoms with E-state index >= 15 is 0 Å². The molecule has 7 heteroatoms. The Labute approximate surface area is 195 Å². The number of imidazole rings is 1. The Morgan fingerprint density at radius 3 is 2.73 bits per heavy atom. The number of aromatic nitrogens is 2. The van der Waals surface area contributed by atoms with Crippen LogP contribution < -0.4 is 9.47 Å². The fourth-order valence-corrected chi connectivity index (χ4v) is 4.18. The molecule has 2 aromatic carbocycles. The fourth-order valence-electron chi connectivity index (χ4n) is 4.18. The highest BCUT2D eigenvalue weighted by molar-refractivity contribution is 5.29. The van der Waals surface area contributed by atoms with E-state index in [9.17, 15) is 10.2 Å². The van der Waals surface area contributed by atoms with Crippen LogP contribution in [0, 0.1) is 6.92 Å². The van der Waals surface area contributed by atoms with Gasteiger partial charge in [0.05, 0.1) is 19.0 Å². The largest absolute Gasteiger partial charge is 0.494 e. The molecule has 0 radical (unpaired) electrons. The molecule has 7 nitrogen and oxygen atoms in total. The van der Waals surface area contributed by atoms with Crippen molar-refractivity contribution < 1.29 is 19.7 Å². The second kappa shape index (κ2) is 10.8. The number of aliphatic hydroxyl groups is 2. The van der Waals surface area contributed by atoms with Crippen LogP contribution in [0.5, 0.6) is 11.5 Å². The molecular weight excluding hydrogens is 418 g/mol. The number of piperidine rings is 1. The summed E-state index contributed by atoms with van der Waals surface area (Å²) in [5, 5.41) is 21.6. The number of likely N-dealkylation sites (tertiary alicyclic amines) is 1. The van der Waals surface area contributed by atoms with Gasteiger partial charge in [-0.05, 0) is 55.2 Å².